The fraction of sp³-hybridized carbons (Fsp3) is 0.357. The first-order chi connectivity index (χ1) is 12.2. The van der Waals surface area contributed by atoms with Gasteiger partial charge in [-0.15, -0.1) is 0 Å². The van der Waals surface area contributed by atoms with Crippen LogP contribution in [-0.2, 0) is 20.9 Å². The SMILES string of the molecule is COc1cc(COC(=O)NC(C[13C](=O)O)C(=O)O)c([N+](=O)[O-])cc1OC. The number of amides is 1. The summed E-state index contributed by atoms with van der Waals surface area (Å²) in [5.41, 5.74) is -0.441. The Morgan fingerprint density at radius 2 is 1.77 bits per heavy atom. The molecule has 0 fully saturated rings. The number of nitrogens with zero attached hydrogens (tertiary/aromatic N) is 1. The van der Waals surface area contributed by atoms with E-state index in [9.17, 15) is 24.5 Å². The quantitative estimate of drug-likeness (QED) is 0.318. The first-order valence-electron chi connectivity index (χ1n) is 6.96. The lowest BCUT2D eigenvalue weighted by atomic mass is 10.1. The van der Waals surface area contributed by atoms with Gasteiger partial charge in [-0.3, -0.25) is 14.9 Å². The van der Waals surface area contributed by atoms with Crippen molar-refractivity contribution < 1.29 is 43.7 Å². The van der Waals surface area contributed by atoms with E-state index >= 15 is 0 Å². The monoisotopic (exact) mass is 373 g/mol. The van der Waals surface area contributed by atoms with Crippen molar-refractivity contribution >= 4 is 23.7 Å². The maximum Gasteiger partial charge on any atom is 0.408 e. The predicted molar refractivity (Wildman–Crippen MR) is 83.2 cm³/mol. The molecule has 1 aromatic rings. The molecular weight excluding hydrogens is 357 g/mol. The van der Waals surface area contributed by atoms with Gasteiger partial charge in [-0.1, -0.05) is 0 Å². The molecular formula is C14H16N2O10. The molecule has 3 N–H and O–H groups in total. The van der Waals surface area contributed by atoms with Crippen LogP contribution in [0.1, 0.15) is 12.0 Å². The van der Waals surface area contributed by atoms with Crippen molar-refractivity contribution in [3.05, 3.63) is 27.8 Å². The highest BCUT2D eigenvalue weighted by molar-refractivity contribution is 5.84. The van der Waals surface area contributed by atoms with Gasteiger partial charge in [0, 0.05) is 0 Å². The maximum atomic E-state index is 11.7. The molecule has 0 aliphatic carbocycles. The number of nitrogens with one attached hydrogen (secondary N) is 1. The lowest BCUT2D eigenvalue weighted by molar-refractivity contribution is -0.385. The van der Waals surface area contributed by atoms with E-state index in [2.05, 4.69) is 0 Å². The number of aliphatic carboxylic acids is 2. The van der Waals surface area contributed by atoms with Gasteiger partial charge in [-0.25, -0.2) is 9.59 Å². The summed E-state index contributed by atoms with van der Waals surface area (Å²) < 4.78 is 14.7. The van der Waals surface area contributed by atoms with E-state index in [1.54, 1.807) is 0 Å². The number of rotatable bonds is 9. The van der Waals surface area contributed by atoms with E-state index in [4.69, 9.17) is 24.4 Å². The van der Waals surface area contributed by atoms with Crippen LogP contribution in [0.4, 0.5) is 10.5 Å². The molecule has 0 aromatic heterocycles. The third-order valence-corrected chi connectivity index (χ3v) is 3.11. The Kier molecular flexibility index (Phi) is 7.13. The number of nitro groups is 1. The van der Waals surface area contributed by atoms with Crippen molar-refractivity contribution in [3.8, 4) is 11.5 Å². The minimum absolute atomic E-state index is 0.0343. The van der Waals surface area contributed by atoms with Crippen LogP contribution in [0, 0.1) is 10.1 Å². The van der Waals surface area contributed by atoms with Crippen molar-refractivity contribution in [2.24, 2.45) is 0 Å². The number of carbonyl (C=O) groups is 3. The van der Waals surface area contributed by atoms with Crippen LogP contribution in [0.3, 0.4) is 0 Å². The highest BCUT2D eigenvalue weighted by Crippen LogP contribution is 2.34. The molecule has 0 spiro atoms. The number of methoxy groups -OCH3 is 2. The van der Waals surface area contributed by atoms with Gasteiger partial charge in [-0.2, -0.15) is 0 Å². The number of ether oxygens (including phenoxy) is 3. The van der Waals surface area contributed by atoms with Crippen molar-refractivity contribution in [3.63, 3.8) is 0 Å². The molecule has 1 unspecified atom stereocenters. The number of benzene rings is 1. The van der Waals surface area contributed by atoms with Crippen LogP contribution < -0.4 is 14.8 Å². The molecule has 12 heteroatoms. The van der Waals surface area contributed by atoms with Gasteiger partial charge in [0.2, 0.25) is 0 Å². The standard InChI is InChI=1S/C14H16N2O10/c1-24-10-3-7(9(16(22)23)5-11(10)25-2)6-26-14(21)15-8(13(19)20)4-12(17)18/h3,5,8H,4,6H2,1-2H3,(H,15,21)(H,17,18)(H,19,20)/i12+1. The molecule has 0 saturated heterocycles. The fourth-order valence-corrected chi connectivity index (χ4v) is 1.90. The first kappa shape index (κ1) is 20.5. The minimum Gasteiger partial charge on any atom is -0.493 e. The van der Waals surface area contributed by atoms with E-state index in [0.29, 0.717) is 0 Å². The largest absolute Gasteiger partial charge is 0.493 e. The molecule has 0 saturated carbocycles. The highest BCUT2D eigenvalue weighted by atomic mass is 16.6. The van der Waals surface area contributed by atoms with Crippen molar-refractivity contribution in [2.45, 2.75) is 19.1 Å². The molecule has 12 nitrogen and oxygen atoms in total. The molecule has 0 bridgehead atoms. The van der Waals surface area contributed by atoms with Crippen molar-refractivity contribution in [1.29, 1.82) is 0 Å². The summed E-state index contributed by atoms with van der Waals surface area (Å²) >= 11 is 0. The Bertz CT molecular complexity index is 718. The van der Waals surface area contributed by atoms with E-state index in [-0.39, 0.29) is 17.1 Å². The summed E-state index contributed by atoms with van der Waals surface area (Å²) in [6, 6.07) is 0.608. The molecule has 1 rings (SSSR count). The summed E-state index contributed by atoms with van der Waals surface area (Å²) in [4.78, 5) is 43.5. The minimum atomic E-state index is -1.71. The molecule has 0 heterocycles. The molecule has 0 radical (unpaired) electrons. The fourth-order valence-electron chi connectivity index (χ4n) is 1.90. The Hall–Kier alpha value is -3.57. The number of carbonyl (C=O) groups excluding carboxylic acids is 1. The Balaban J connectivity index is 2.91. The van der Waals surface area contributed by atoms with Crippen molar-refractivity contribution in [1.82, 2.24) is 5.32 Å². The van der Waals surface area contributed by atoms with Crippen LogP contribution in [0.5, 0.6) is 11.5 Å². The number of carboxylic acid groups (broad SMARTS) is 2. The second-order valence-corrected chi connectivity index (χ2v) is 4.80. The van der Waals surface area contributed by atoms with Gasteiger partial charge < -0.3 is 29.7 Å². The predicted octanol–water partition coefficient (Wildman–Crippen LogP) is 0.766. The van der Waals surface area contributed by atoms with Crippen LogP contribution in [0.15, 0.2) is 12.1 Å². The van der Waals surface area contributed by atoms with Crippen molar-refractivity contribution in [2.75, 3.05) is 14.2 Å². The zero-order valence-electron chi connectivity index (χ0n) is 13.8. The second kappa shape index (κ2) is 9.05. The van der Waals surface area contributed by atoms with E-state index in [1.165, 1.54) is 20.3 Å². The Morgan fingerprint density at radius 1 is 1.19 bits per heavy atom. The molecule has 142 valence electrons. The van der Waals surface area contributed by atoms with Gasteiger partial charge in [0.25, 0.3) is 5.69 Å². The van der Waals surface area contributed by atoms with E-state index < -0.39 is 47.7 Å². The molecule has 26 heavy (non-hydrogen) atoms. The van der Waals surface area contributed by atoms with Crippen LogP contribution >= 0.6 is 0 Å². The van der Waals surface area contributed by atoms with E-state index in [1.807, 2.05) is 5.32 Å². The number of carboxylic acids is 2. The Morgan fingerprint density at radius 3 is 2.23 bits per heavy atom. The zero-order chi connectivity index (χ0) is 19.9. The first-order valence-corrected chi connectivity index (χ1v) is 6.96. The number of hydrogen-bond donors (Lipinski definition) is 3. The number of alkyl carbamates (subject to hydrolysis) is 1. The molecule has 1 amide bonds. The number of nitro benzene ring substituents is 1. The lowest BCUT2D eigenvalue weighted by Crippen LogP contribution is -2.42. The average Bonchev–Trinajstić information content (AvgIpc) is 2.57. The highest BCUT2D eigenvalue weighted by Gasteiger charge is 2.25. The lowest BCUT2D eigenvalue weighted by Gasteiger charge is -2.13. The molecule has 0 aliphatic rings. The van der Waals surface area contributed by atoms with Crippen LogP contribution in [-0.4, -0.2) is 53.4 Å². The topological polar surface area (TPSA) is 175 Å². The van der Waals surface area contributed by atoms with Gasteiger partial charge in [0.1, 0.15) is 12.6 Å². The molecule has 1 aromatic carbocycles. The van der Waals surface area contributed by atoms with Gasteiger partial charge in [0.05, 0.1) is 37.2 Å². The average molecular weight is 373 g/mol. The van der Waals surface area contributed by atoms with Gasteiger partial charge >= 0.3 is 18.0 Å². The van der Waals surface area contributed by atoms with E-state index in [0.717, 1.165) is 6.07 Å². The van der Waals surface area contributed by atoms with Gasteiger partial charge in [0.15, 0.2) is 11.5 Å². The summed E-state index contributed by atoms with van der Waals surface area (Å²) in [5, 5.41) is 30.4. The molecule has 1 atom stereocenters. The second-order valence-electron chi connectivity index (χ2n) is 4.80. The Labute approximate surface area is 146 Å². The van der Waals surface area contributed by atoms with Gasteiger partial charge in [-0.05, 0) is 6.07 Å². The number of hydrogen-bond acceptors (Lipinski definition) is 8. The third-order valence-electron chi connectivity index (χ3n) is 3.11. The smallest absolute Gasteiger partial charge is 0.408 e. The summed E-state index contributed by atoms with van der Waals surface area (Å²) in [6.45, 7) is -0.581. The maximum absolute atomic E-state index is 11.7. The summed E-state index contributed by atoms with van der Waals surface area (Å²) in [5.74, 6) is -2.75. The summed E-state index contributed by atoms with van der Waals surface area (Å²) in [6.07, 6.45) is -2.11. The summed E-state index contributed by atoms with van der Waals surface area (Å²) in [7, 11) is 2.60. The normalized spacial score (nSPS) is 11.2. The van der Waals surface area contributed by atoms with Crippen LogP contribution in [0.25, 0.3) is 0 Å². The third kappa shape index (κ3) is 5.51. The zero-order valence-corrected chi connectivity index (χ0v) is 13.8. The van der Waals surface area contributed by atoms with Crippen LogP contribution in [0.2, 0.25) is 0 Å². The molecule has 0 aliphatic heterocycles.